The first-order valence-corrected chi connectivity index (χ1v) is 14.0. The smallest absolute Gasteiger partial charge is 0.243 e. The summed E-state index contributed by atoms with van der Waals surface area (Å²) in [6.45, 7) is 12.5. The fourth-order valence-corrected chi connectivity index (χ4v) is 7.12. The van der Waals surface area contributed by atoms with E-state index in [4.69, 9.17) is 0 Å². The van der Waals surface area contributed by atoms with Crippen LogP contribution in [0, 0.1) is 26.7 Å². The molecule has 0 spiro atoms. The number of hydrogen-bond acceptors (Lipinski definition) is 5. The molecule has 2 aliphatic heterocycles. The Kier molecular flexibility index (Phi) is 12.1. The zero-order valence-electron chi connectivity index (χ0n) is 20.8. The number of unbranched alkanes of at least 4 members (excludes halogenated alkanes) is 1. The third kappa shape index (κ3) is 8.48. The number of nitrogens with one attached hydrogen (secondary N) is 3. The van der Waals surface area contributed by atoms with Gasteiger partial charge in [0.15, 0.2) is 0 Å². The SMILES string of the molecule is Cc1cc(C)c(S(=O)(=O)N2CCC(CNCCCCNCC3CCCCN3)CC2)c(C)c1.Cl. The maximum absolute atomic E-state index is 13.2. The topological polar surface area (TPSA) is 73.5 Å². The fourth-order valence-electron chi connectivity index (χ4n) is 5.24. The summed E-state index contributed by atoms with van der Waals surface area (Å²) in [5, 5.41) is 10.8. The Morgan fingerprint density at radius 2 is 1.55 bits per heavy atom. The number of rotatable bonds is 11. The summed E-state index contributed by atoms with van der Waals surface area (Å²) < 4.78 is 28.2. The molecule has 3 rings (SSSR count). The van der Waals surface area contributed by atoms with Crippen LogP contribution in [0.3, 0.4) is 0 Å². The van der Waals surface area contributed by atoms with Gasteiger partial charge in [0.25, 0.3) is 0 Å². The lowest BCUT2D eigenvalue weighted by atomic mass is 9.98. The van der Waals surface area contributed by atoms with Crippen molar-refractivity contribution in [3.05, 3.63) is 28.8 Å². The highest BCUT2D eigenvalue weighted by Gasteiger charge is 2.31. The van der Waals surface area contributed by atoms with E-state index in [1.165, 1.54) is 38.6 Å². The molecule has 0 bridgehead atoms. The van der Waals surface area contributed by atoms with Gasteiger partial charge in [0.05, 0.1) is 4.90 Å². The van der Waals surface area contributed by atoms with Crippen molar-refractivity contribution in [3.63, 3.8) is 0 Å². The molecule has 1 atom stereocenters. The molecule has 2 aliphatic rings. The molecule has 0 amide bonds. The Morgan fingerprint density at radius 1 is 0.939 bits per heavy atom. The van der Waals surface area contributed by atoms with Crippen LogP contribution in [-0.2, 0) is 10.0 Å². The predicted octanol–water partition coefficient (Wildman–Crippen LogP) is 3.54. The van der Waals surface area contributed by atoms with Crippen molar-refractivity contribution in [3.8, 4) is 0 Å². The molecule has 1 unspecified atom stereocenters. The van der Waals surface area contributed by atoms with Crippen LogP contribution in [0.5, 0.6) is 0 Å². The van der Waals surface area contributed by atoms with E-state index >= 15 is 0 Å². The normalized spacial score (nSPS) is 20.5. The van der Waals surface area contributed by atoms with Crippen molar-refractivity contribution in [1.29, 1.82) is 0 Å². The van der Waals surface area contributed by atoms with Crippen LogP contribution in [0.4, 0.5) is 0 Å². The molecule has 2 heterocycles. The highest BCUT2D eigenvalue weighted by Crippen LogP contribution is 2.28. The average molecular weight is 501 g/mol. The Bertz CT molecular complexity index is 797. The molecule has 2 fully saturated rings. The molecule has 33 heavy (non-hydrogen) atoms. The number of halogens is 1. The minimum absolute atomic E-state index is 0. The van der Waals surface area contributed by atoms with Crippen molar-refractivity contribution >= 4 is 22.4 Å². The van der Waals surface area contributed by atoms with Crippen molar-refractivity contribution in [2.24, 2.45) is 5.92 Å². The number of piperidine rings is 2. The maximum atomic E-state index is 13.2. The molecule has 2 saturated heterocycles. The number of nitrogens with zero attached hydrogens (tertiary/aromatic N) is 1. The summed E-state index contributed by atoms with van der Waals surface area (Å²) in [6, 6.07) is 4.60. The molecule has 3 N–H and O–H groups in total. The molecule has 0 aliphatic carbocycles. The number of sulfonamides is 1. The second-order valence-corrected chi connectivity index (χ2v) is 11.7. The van der Waals surface area contributed by atoms with Gasteiger partial charge in [-0.15, -0.1) is 12.4 Å². The predicted molar refractivity (Wildman–Crippen MR) is 140 cm³/mol. The van der Waals surface area contributed by atoms with Gasteiger partial charge in [0.2, 0.25) is 10.0 Å². The van der Waals surface area contributed by atoms with Crippen LogP contribution in [0.25, 0.3) is 0 Å². The molecule has 0 saturated carbocycles. The summed E-state index contributed by atoms with van der Waals surface area (Å²) in [5.41, 5.74) is 2.83. The fraction of sp³-hybridized carbons (Fsp3) is 0.760. The van der Waals surface area contributed by atoms with E-state index in [1.807, 2.05) is 32.9 Å². The highest BCUT2D eigenvalue weighted by molar-refractivity contribution is 7.89. The standard InChI is InChI=1S/C25H44N4O2S.ClH/c1-20-16-21(2)25(22(3)17-20)32(30,31)29-14-9-23(10-15-29)18-26-11-6-7-12-27-19-24-8-4-5-13-28-24;/h16-17,23-24,26-28H,4-15,18-19H2,1-3H3;1H. The molecular formula is C25H45ClN4O2S. The van der Waals surface area contributed by atoms with Crippen LogP contribution in [0.2, 0.25) is 0 Å². The highest BCUT2D eigenvalue weighted by atomic mass is 35.5. The van der Waals surface area contributed by atoms with Gasteiger partial charge >= 0.3 is 0 Å². The summed E-state index contributed by atoms with van der Waals surface area (Å²) >= 11 is 0. The summed E-state index contributed by atoms with van der Waals surface area (Å²) in [7, 11) is -3.41. The molecule has 6 nitrogen and oxygen atoms in total. The first-order chi connectivity index (χ1) is 15.4. The molecular weight excluding hydrogens is 456 g/mol. The summed E-state index contributed by atoms with van der Waals surface area (Å²) in [4.78, 5) is 0.507. The number of aryl methyl sites for hydroxylation is 3. The number of benzene rings is 1. The lowest BCUT2D eigenvalue weighted by molar-refractivity contribution is 0.267. The Morgan fingerprint density at radius 3 is 2.12 bits per heavy atom. The lowest BCUT2D eigenvalue weighted by Gasteiger charge is -2.32. The third-order valence-electron chi connectivity index (χ3n) is 6.97. The van der Waals surface area contributed by atoms with Crippen LogP contribution >= 0.6 is 12.4 Å². The lowest BCUT2D eigenvalue weighted by Crippen LogP contribution is -2.42. The second kappa shape index (κ2) is 14.0. The van der Waals surface area contributed by atoms with Crippen LogP contribution in [0.1, 0.15) is 61.6 Å². The zero-order chi connectivity index (χ0) is 23.0. The van der Waals surface area contributed by atoms with Crippen molar-refractivity contribution in [2.75, 3.05) is 45.8 Å². The van der Waals surface area contributed by atoms with Gasteiger partial charge in [-0.05, 0) is 103 Å². The van der Waals surface area contributed by atoms with Crippen molar-refractivity contribution in [2.45, 2.75) is 76.7 Å². The maximum Gasteiger partial charge on any atom is 0.243 e. The van der Waals surface area contributed by atoms with Gasteiger partial charge in [0.1, 0.15) is 0 Å². The molecule has 0 radical (unpaired) electrons. The minimum Gasteiger partial charge on any atom is -0.316 e. The average Bonchev–Trinajstić information content (AvgIpc) is 2.75. The molecule has 1 aromatic carbocycles. The van der Waals surface area contributed by atoms with Crippen molar-refractivity contribution in [1.82, 2.24) is 20.3 Å². The molecule has 190 valence electrons. The van der Waals surface area contributed by atoms with Crippen LogP contribution < -0.4 is 16.0 Å². The summed E-state index contributed by atoms with van der Waals surface area (Å²) in [6.07, 6.45) is 8.25. The molecule has 8 heteroatoms. The van der Waals surface area contributed by atoms with E-state index in [9.17, 15) is 8.42 Å². The largest absolute Gasteiger partial charge is 0.316 e. The molecule has 0 aromatic heterocycles. The Labute approximate surface area is 208 Å². The number of hydrogen-bond donors (Lipinski definition) is 3. The first kappa shape index (κ1) is 28.5. The van der Waals surface area contributed by atoms with E-state index in [2.05, 4.69) is 16.0 Å². The van der Waals surface area contributed by atoms with E-state index in [0.717, 1.165) is 55.7 Å². The van der Waals surface area contributed by atoms with Gasteiger partial charge in [-0.1, -0.05) is 24.1 Å². The second-order valence-electron chi connectivity index (χ2n) is 9.84. The first-order valence-electron chi connectivity index (χ1n) is 12.6. The van der Waals surface area contributed by atoms with Gasteiger partial charge in [-0.3, -0.25) is 0 Å². The van der Waals surface area contributed by atoms with Crippen molar-refractivity contribution < 1.29 is 8.42 Å². The van der Waals surface area contributed by atoms with E-state index in [-0.39, 0.29) is 12.4 Å². The van der Waals surface area contributed by atoms with E-state index < -0.39 is 10.0 Å². The van der Waals surface area contributed by atoms with Crippen LogP contribution in [-0.4, -0.2) is 64.6 Å². The van der Waals surface area contributed by atoms with Gasteiger partial charge < -0.3 is 16.0 Å². The zero-order valence-corrected chi connectivity index (χ0v) is 22.4. The Hall–Kier alpha value is -0.700. The Balaban J connectivity index is 0.00000385. The third-order valence-corrected chi connectivity index (χ3v) is 9.17. The monoisotopic (exact) mass is 500 g/mol. The quantitative estimate of drug-likeness (QED) is 0.405. The van der Waals surface area contributed by atoms with Gasteiger partial charge in [-0.25, -0.2) is 8.42 Å². The van der Waals surface area contributed by atoms with Crippen LogP contribution in [0.15, 0.2) is 17.0 Å². The summed E-state index contributed by atoms with van der Waals surface area (Å²) in [5.74, 6) is 0.567. The van der Waals surface area contributed by atoms with Gasteiger partial charge in [-0.2, -0.15) is 4.31 Å². The molecule has 1 aromatic rings. The van der Waals surface area contributed by atoms with E-state index in [1.54, 1.807) is 4.31 Å². The van der Waals surface area contributed by atoms with Gasteiger partial charge in [0, 0.05) is 25.7 Å². The van der Waals surface area contributed by atoms with E-state index in [0.29, 0.717) is 29.9 Å². The minimum atomic E-state index is -3.41.